The van der Waals surface area contributed by atoms with Crippen molar-refractivity contribution in [3.8, 4) is 0 Å². The van der Waals surface area contributed by atoms with Gasteiger partial charge in [-0.2, -0.15) is 0 Å². The first-order chi connectivity index (χ1) is 13.2. The molecule has 1 saturated heterocycles. The molecule has 0 N–H and O–H groups in total. The van der Waals surface area contributed by atoms with Crippen LogP contribution in [0.4, 0.5) is 0 Å². The number of carbonyl (C=O) groups is 1. The van der Waals surface area contributed by atoms with E-state index in [4.69, 9.17) is 9.47 Å². The molecule has 3 rings (SSSR count). The Hall–Kier alpha value is -2.04. The summed E-state index contributed by atoms with van der Waals surface area (Å²) in [6.07, 6.45) is 6.63. The van der Waals surface area contributed by atoms with E-state index in [2.05, 4.69) is 36.2 Å². The molecule has 1 aromatic heterocycles. The van der Waals surface area contributed by atoms with Crippen molar-refractivity contribution < 1.29 is 14.3 Å². The molecule has 1 aromatic carbocycles. The summed E-state index contributed by atoms with van der Waals surface area (Å²) in [5.41, 5.74) is 3.95. The van der Waals surface area contributed by atoms with Crippen LogP contribution in [0.25, 0.3) is 0 Å². The maximum absolute atomic E-state index is 12.3. The Balaban J connectivity index is 1.38. The molecule has 27 heavy (non-hydrogen) atoms. The highest BCUT2D eigenvalue weighted by atomic mass is 16.5. The Morgan fingerprint density at radius 1 is 1.07 bits per heavy atom. The molecular formula is C23H29NO3. The van der Waals surface area contributed by atoms with Crippen LogP contribution in [-0.2, 0) is 22.7 Å². The average Bonchev–Trinajstić information content (AvgIpc) is 2.71. The number of nitrogens with zero attached hydrogens (tertiary/aromatic N) is 1. The summed E-state index contributed by atoms with van der Waals surface area (Å²) in [5, 5.41) is 0. The number of hydrogen-bond donors (Lipinski definition) is 0. The van der Waals surface area contributed by atoms with Gasteiger partial charge in [0.15, 0.2) is 5.78 Å². The van der Waals surface area contributed by atoms with Gasteiger partial charge in [-0.3, -0.25) is 9.78 Å². The first-order valence-electron chi connectivity index (χ1n) is 9.90. The first kappa shape index (κ1) is 19.7. The van der Waals surface area contributed by atoms with Crippen molar-refractivity contribution >= 4 is 5.78 Å². The largest absolute Gasteiger partial charge is 0.381 e. The minimum Gasteiger partial charge on any atom is -0.381 e. The van der Waals surface area contributed by atoms with Gasteiger partial charge in [0.25, 0.3) is 0 Å². The maximum Gasteiger partial charge on any atom is 0.181 e. The minimum atomic E-state index is 0.134. The molecule has 1 aliphatic rings. The van der Waals surface area contributed by atoms with Crippen LogP contribution in [-0.4, -0.2) is 24.0 Å². The van der Waals surface area contributed by atoms with E-state index in [1.807, 2.05) is 12.1 Å². The molecule has 4 nitrogen and oxygen atoms in total. The fourth-order valence-corrected chi connectivity index (χ4v) is 3.36. The number of pyridine rings is 1. The van der Waals surface area contributed by atoms with E-state index in [1.165, 1.54) is 5.56 Å². The zero-order valence-corrected chi connectivity index (χ0v) is 16.2. The quantitative estimate of drug-likeness (QED) is 0.592. The van der Waals surface area contributed by atoms with Gasteiger partial charge in [0.1, 0.15) is 5.69 Å². The number of hydrogen-bond acceptors (Lipinski definition) is 4. The van der Waals surface area contributed by atoms with Gasteiger partial charge < -0.3 is 9.47 Å². The van der Waals surface area contributed by atoms with Crippen molar-refractivity contribution in [2.75, 3.05) is 13.2 Å². The summed E-state index contributed by atoms with van der Waals surface area (Å²) in [4.78, 5) is 16.6. The van der Waals surface area contributed by atoms with E-state index in [1.54, 1.807) is 6.20 Å². The molecule has 2 heterocycles. The normalized spacial score (nSPS) is 15.0. The number of carbonyl (C=O) groups excluding carboxylic acids is 1. The van der Waals surface area contributed by atoms with Gasteiger partial charge >= 0.3 is 0 Å². The topological polar surface area (TPSA) is 48.4 Å². The lowest BCUT2D eigenvalue weighted by Crippen LogP contribution is -2.15. The second kappa shape index (κ2) is 10.3. The van der Waals surface area contributed by atoms with Gasteiger partial charge in [-0.15, -0.1) is 0 Å². The maximum atomic E-state index is 12.3. The third kappa shape index (κ3) is 6.56. The molecule has 0 saturated carbocycles. The predicted octanol–water partition coefficient (Wildman–Crippen LogP) is 4.89. The molecule has 0 radical (unpaired) electrons. The van der Waals surface area contributed by atoms with Crippen LogP contribution in [0.5, 0.6) is 0 Å². The molecule has 2 aromatic rings. The molecule has 0 unspecified atom stereocenters. The highest BCUT2D eigenvalue weighted by Gasteiger charge is 2.14. The number of aromatic nitrogens is 1. The van der Waals surface area contributed by atoms with Crippen LogP contribution >= 0.6 is 0 Å². The van der Waals surface area contributed by atoms with Crippen LogP contribution in [0.15, 0.2) is 42.6 Å². The van der Waals surface area contributed by atoms with Crippen molar-refractivity contribution in [1.29, 1.82) is 0 Å². The summed E-state index contributed by atoms with van der Waals surface area (Å²) < 4.78 is 11.1. The zero-order valence-electron chi connectivity index (χ0n) is 16.2. The molecule has 0 atom stereocenters. The van der Waals surface area contributed by atoms with Gasteiger partial charge in [0.05, 0.1) is 13.2 Å². The standard InChI is InChI=1S/C23H29NO3/c1-18-5-7-20(8-6-18)16-27-17-21-9-10-22(24-15-21)23(25)4-2-3-19-11-13-26-14-12-19/h5-10,15,19H,2-4,11-14,16-17H2,1H3. The van der Waals surface area contributed by atoms with Crippen LogP contribution in [0.3, 0.4) is 0 Å². The summed E-state index contributed by atoms with van der Waals surface area (Å²) in [6.45, 7) is 4.89. The highest BCUT2D eigenvalue weighted by Crippen LogP contribution is 2.21. The van der Waals surface area contributed by atoms with Crippen molar-refractivity contribution in [3.63, 3.8) is 0 Å². The summed E-state index contributed by atoms with van der Waals surface area (Å²) in [7, 11) is 0. The number of rotatable bonds is 9. The van der Waals surface area contributed by atoms with E-state index in [0.717, 1.165) is 50.0 Å². The SMILES string of the molecule is Cc1ccc(COCc2ccc(C(=O)CCCC3CCOCC3)nc2)cc1. The summed E-state index contributed by atoms with van der Waals surface area (Å²) >= 11 is 0. The lowest BCUT2D eigenvalue weighted by atomic mass is 9.93. The molecule has 1 fully saturated rings. The first-order valence-corrected chi connectivity index (χ1v) is 9.90. The smallest absolute Gasteiger partial charge is 0.181 e. The molecule has 0 amide bonds. The lowest BCUT2D eigenvalue weighted by Gasteiger charge is -2.21. The van der Waals surface area contributed by atoms with E-state index >= 15 is 0 Å². The van der Waals surface area contributed by atoms with E-state index in [-0.39, 0.29) is 5.78 Å². The van der Waals surface area contributed by atoms with Crippen LogP contribution < -0.4 is 0 Å². The third-order valence-corrected chi connectivity index (χ3v) is 5.13. The molecule has 0 spiro atoms. The van der Waals surface area contributed by atoms with Crippen molar-refractivity contribution in [1.82, 2.24) is 4.98 Å². The zero-order chi connectivity index (χ0) is 18.9. The third-order valence-electron chi connectivity index (χ3n) is 5.13. The van der Waals surface area contributed by atoms with Crippen LogP contribution in [0, 0.1) is 12.8 Å². The van der Waals surface area contributed by atoms with Crippen molar-refractivity contribution in [3.05, 3.63) is 65.0 Å². The second-order valence-electron chi connectivity index (χ2n) is 7.40. The van der Waals surface area contributed by atoms with Gasteiger partial charge in [0.2, 0.25) is 0 Å². The number of aryl methyl sites for hydroxylation is 1. The lowest BCUT2D eigenvalue weighted by molar-refractivity contribution is 0.0629. The van der Waals surface area contributed by atoms with E-state index < -0.39 is 0 Å². The minimum absolute atomic E-state index is 0.134. The fourth-order valence-electron chi connectivity index (χ4n) is 3.36. The Labute approximate surface area is 161 Å². The molecule has 0 bridgehead atoms. The number of ether oxygens (including phenoxy) is 2. The Bertz CT molecular complexity index is 703. The number of benzene rings is 1. The van der Waals surface area contributed by atoms with Crippen LogP contribution in [0.2, 0.25) is 0 Å². The number of Topliss-reactive ketones (excluding diaryl/α,β-unsaturated/α-hetero) is 1. The molecule has 0 aliphatic carbocycles. The monoisotopic (exact) mass is 367 g/mol. The van der Waals surface area contributed by atoms with Gasteiger partial charge in [0, 0.05) is 25.8 Å². The average molecular weight is 367 g/mol. The number of ketones is 1. The molecular weight excluding hydrogens is 338 g/mol. The van der Waals surface area contributed by atoms with Gasteiger partial charge in [-0.25, -0.2) is 0 Å². The van der Waals surface area contributed by atoms with E-state index in [9.17, 15) is 4.79 Å². The van der Waals surface area contributed by atoms with E-state index in [0.29, 0.717) is 31.2 Å². The molecule has 4 heteroatoms. The molecule has 1 aliphatic heterocycles. The van der Waals surface area contributed by atoms with Crippen LogP contribution in [0.1, 0.15) is 59.3 Å². The van der Waals surface area contributed by atoms with Crippen molar-refractivity contribution in [2.24, 2.45) is 5.92 Å². The van der Waals surface area contributed by atoms with Gasteiger partial charge in [-0.1, -0.05) is 35.9 Å². The molecule has 144 valence electrons. The van der Waals surface area contributed by atoms with Gasteiger partial charge in [-0.05, 0) is 55.7 Å². The Morgan fingerprint density at radius 2 is 1.78 bits per heavy atom. The highest BCUT2D eigenvalue weighted by molar-refractivity contribution is 5.94. The second-order valence-corrected chi connectivity index (χ2v) is 7.40. The summed E-state index contributed by atoms with van der Waals surface area (Å²) in [6, 6.07) is 12.1. The fraction of sp³-hybridized carbons (Fsp3) is 0.478. The Morgan fingerprint density at radius 3 is 2.48 bits per heavy atom. The predicted molar refractivity (Wildman–Crippen MR) is 106 cm³/mol. The van der Waals surface area contributed by atoms with Crippen molar-refractivity contribution in [2.45, 2.75) is 52.2 Å². The Kier molecular flexibility index (Phi) is 7.55. The summed E-state index contributed by atoms with van der Waals surface area (Å²) in [5.74, 6) is 0.849.